The van der Waals surface area contributed by atoms with Crippen molar-refractivity contribution in [2.45, 2.75) is 11.8 Å². The number of halogens is 1. The molecular formula is C13H16FNO6S. The number of carboxylic acids is 1. The van der Waals surface area contributed by atoms with Crippen molar-refractivity contribution in [2.75, 3.05) is 20.7 Å². The molecule has 0 fully saturated rings. The summed E-state index contributed by atoms with van der Waals surface area (Å²) in [5, 5.41) is 8.84. The third kappa shape index (κ3) is 3.80. The number of ether oxygens (including phenoxy) is 1. The monoisotopic (exact) mass is 333 g/mol. The number of carbonyl (C=O) groups excluding carboxylic acids is 1. The standard InChI is InChI=1S/C13H16FNO6S/c1-8(12(16)17)7-15(2)22(19,20)11-6-9(14)4-5-10(11)13(18)21-3/h4-6,8H,7H2,1-3H3,(H,16,17). The lowest BCUT2D eigenvalue weighted by Crippen LogP contribution is -2.34. The number of nitrogens with zero attached hydrogens (tertiary/aromatic N) is 1. The van der Waals surface area contributed by atoms with E-state index in [4.69, 9.17) is 5.11 Å². The van der Waals surface area contributed by atoms with Gasteiger partial charge in [-0.1, -0.05) is 6.92 Å². The quantitative estimate of drug-likeness (QED) is 0.778. The van der Waals surface area contributed by atoms with Crippen LogP contribution in [-0.4, -0.2) is 50.5 Å². The smallest absolute Gasteiger partial charge is 0.339 e. The number of sulfonamides is 1. The van der Waals surface area contributed by atoms with E-state index in [1.54, 1.807) is 0 Å². The fourth-order valence-electron chi connectivity index (χ4n) is 1.72. The molecule has 0 spiro atoms. The highest BCUT2D eigenvalue weighted by Crippen LogP contribution is 2.22. The fraction of sp³-hybridized carbons (Fsp3) is 0.385. The van der Waals surface area contributed by atoms with Crippen molar-refractivity contribution < 1.29 is 32.2 Å². The topological polar surface area (TPSA) is 101 Å². The van der Waals surface area contributed by atoms with Crippen LogP contribution >= 0.6 is 0 Å². The maximum absolute atomic E-state index is 13.4. The highest BCUT2D eigenvalue weighted by molar-refractivity contribution is 7.89. The minimum atomic E-state index is -4.25. The van der Waals surface area contributed by atoms with Gasteiger partial charge in [-0.25, -0.2) is 21.9 Å². The summed E-state index contributed by atoms with van der Waals surface area (Å²) in [4.78, 5) is 21.9. The van der Waals surface area contributed by atoms with Crippen molar-refractivity contribution in [2.24, 2.45) is 5.92 Å². The molecule has 1 unspecified atom stereocenters. The zero-order valence-electron chi connectivity index (χ0n) is 12.2. The minimum Gasteiger partial charge on any atom is -0.481 e. The third-order valence-corrected chi connectivity index (χ3v) is 4.85. The fourth-order valence-corrected chi connectivity index (χ4v) is 3.16. The molecule has 1 N–H and O–H groups in total. The summed E-state index contributed by atoms with van der Waals surface area (Å²) in [7, 11) is -2.03. The molecule has 0 heterocycles. The molecule has 0 aromatic heterocycles. The number of hydrogen-bond acceptors (Lipinski definition) is 5. The van der Waals surface area contributed by atoms with Gasteiger partial charge < -0.3 is 9.84 Å². The largest absolute Gasteiger partial charge is 0.481 e. The first kappa shape index (κ1) is 18.1. The second-order valence-corrected chi connectivity index (χ2v) is 6.67. The first-order chi connectivity index (χ1) is 10.1. The molecule has 0 aliphatic heterocycles. The van der Waals surface area contributed by atoms with E-state index in [9.17, 15) is 22.4 Å². The zero-order valence-corrected chi connectivity index (χ0v) is 13.1. The van der Waals surface area contributed by atoms with Crippen molar-refractivity contribution in [1.82, 2.24) is 4.31 Å². The molecule has 22 heavy (non-hydrogen) atoms. The molecule has 7 nitrogen and oxygen atoms in total. The van der Waals surface area contributed by atoms with Crippen molar-refractivity contribution in [3.05, 3.63) is 29.6 Å². The average molecular weight is 333 g/mol. The predicted molar refractivity (Wildman–Crippen MR) is 74.4 cm³/mol. The normalized spacial score (nSPS) is 13.0. The van der Waals surface area contributed by atoms with Crippen LogP contribution in [0.15, 0.2) is 23.1 Å². The molecule has 1 rings (SSSR count). The van der Waals surface area contributed by atoms with Crippen LogP contribution < -0.4 is 0 Å². The first-order valence-electron chi connectivity index (χ1n) is 6.18. The van der Waals surface area contributed by atoms with Gasteiger partial charge in [0, 0.05) is 13.6 Å². The summed E-state index contributed by atoms with van der Waals surface area (Å²) in [6, 6.07) is 2.64. The maximum Gasteiger partial charge on any atom is 0.339 e. The van der Waals surface area contributed by atoms with Gasteiger partial charge in [-0.3, -0.25) is 4.79 Å². The third-order valence-electron chi connectivity index (χ3n) is 2.99. The lowest BCUT2D eigenvalue weighted by Gasteiger charge is -2.20. The van der Waals surface area contributed by atoms with E-state index in [0.29, 0.717) is 6.07 Å². The number of methoxy groups -OCH3 is 1. The van der Waals surface area contributed by atoms with E-state index in [1.165, 1.54) is 6.92 Å². The minimum absolute atomic E-state index is 0.321. The molecule has 0 aliphatic rings. The predicted octanol–water partition coefficient (Wildman–Crippen LogP) is 0.954. The second kappa shape index (κ2) is 6.84. The van der Waals surface area contributed by atoms with Crippen molar-refractivity contribution in [3.63, 3.8) is 0 Å². The summed E-state index contributed by atoms with van der Waals surface area (Å²) >= 11 is 0. The number of aliphatic carboxylic acids is 1. The van der Waals surface area contributed by atoms with E-state index >= 15 is 0 Å². The lowest BCUT2D eigenvalue weighted by molar-refractivity contribution is -0.141. The van der Waals surface area contributed by atoms with Crippen LogP contribution in [0.25, 0.3) is 0 Å². The zero-order chi connectivity index (χ0) is 17.1. The summed E-state index contributed by atoms with van der Waals surface area (Å²) in [6.45, 7) is 1.01. The Morgan fingerprint density at radius 3 is 2.50 bits per heavy atom. The van der Waals surface area contributed by atoms with Gasteiger partial charge in [0.05, 0.1) is 23.5 Å². The molecule has 0 saturated carbocycles. The second-order valence-electron chi connectivity index (χ2n) is 4.66. The summed E-state index contributed by atoms with van der Waals surface area (Å²) in [5.41, 5.74) is -0.321. The molecular weight excluding hydrogens is 317 g/mol. The van der Waals surface area contributed by atoms with Gasteiger partial charge in [0.25, 0.3) is 0 Å². The molecule has 9 heteroatoms. The van der Waals surface area contributed by atoms with Crippen molar-refractivity contribution in [3.8, 4) is 0 Å². The Morgan fingerprint density at radius 1 is 1.41 bits per heavy atom. The summed E-state index contributed by atoms with van der Waals surface area (Å²) < 4.78 is 43.5. The Balaban J connectivity index is 3.30. The number of esters is 1. The highest BCUT2D eigenvalue weighted by atomic mass is 32.2. The van der Waals surface area contributed by atoms with Gasteiger partial charge in [-0.2, -0.15) is 0 Å². The van der Waals surface area contributed by atoms with Gasteiger partial charge in [0.1, 0.15) is 5.82 Å². The Labute approximate surface area is 127 Å². The SMILES string of the molecule is COC(=O)c1ccc(F)cc1S(=O)(=O)N(C)CC(C)C(=O)O. The number of hydrogen-bond donors (Lipinski definition) is 1. The molecule has 0 aliphatic carbocycles. The van der Waals surface area contributed by atoms with E-state index in [2.05, 4.69) is 4.74 Å². The highest BCUT2D eigenvalue weighted by Gasteiger charge is 2.29. The number of carboxylic acid groups (broad SMARTS) is 1. The van der Waals surface area contributed by atoms with E-state index in [-0.39, 0.29) is 12.1 Å². The average Bonchev–Trinajstić information content (AvgIpc) is 2.45. The summed E-state index contributed by atoms with van der Waals surface area (Å²) in [6.07, 6.45) is 0. The van der Waals surface area contributed by atoms with Gasteiger partial charge >= 0.3 is 11.9 Å². The van der Waals surface area contributed by atoms with Gasteiger partial charge in [0.15, 0.2) is 0 Å². The molecule has 0 amide bonds. The van der Waals surface area contributed by atoms with Crippen LogP contribution in [0.5, 0.6) is 0 Å². The maximum atomic E-state index is 13.4. The molecule has 1 atom stereocenters. The Morgan fingerprint density at radius 2 is 2.00 bits per heavy atom. The molecule has 0 bridgehead atoms. The molecule has 122 valence electrons. The Bertz CT molecular complexity index is 688. The van der Waals surface area contributed by atoms with Crippen LogP contribution in [0.4, 0.5) is 4.39 Å². The van der Waals surface area contributed by atoms with Gasteiger partial charge in [-0.15, -0.1) is 0 Å². The van der Waals surface area contributed by atoms with Crippen LogP contribution in [0, 0.1) is 11.7 Å². The molecule has 0 radical (unpaired) electrons. The Hall–Kier alpha value is -2.00. The number of carbonyl (C=O) groups is 2. The van der Waals surface area contributed by atoms with E-state index < -0.39 is 38.6 Å². The number of rotatable bonds is 6. The van der Waals surface area contributed by atoms with Gasteiger partial charge in [-0.05, 0) is 18.2 Å². The molecule has 1 aromatic rings. The van der Waals surface area contributed by atoms with Crippen LogP contribution in [0.2, 0.25) is 0 Å². The number of benzene rings is 1. The summed E-state index contributed by atoms with van der Waals surface area (Å²) in [5.74, 6) is -3.91. The first-order valence-corrected chi connectivity index (χ1v) is 7.62. The van der Waals surface area contributed by atoms with Crippen LogP contribution in [-0.2, 0) is 19.6 Å². The van der Waals surface area contributed by atoms with E-state index in [0.717, 1.165) is 30.6 Å². The molecule has 0 saturated heterocycles. The Kier molecular flexibility index (Phi) is 5.61. The van der Waals surface area contributed by atoms with Crippen molar-refractivity contribution in [1.29, 1.82) is 0 Å². The van der Waals surface area contributed by atoms with Crippen LogP contribution in [0.3, 0.4) is 0 Å². The van der Waals surface area contributed by atoms with Crippen molar-refractivity contribution >= 4 is 22.0 Å². The van der Waals surface area contributed by atoms with E-state index in [1.807, 2.05) is 0 Å². The molecule has 1 aromatic carbocycles. The lowest BCUT2D eigenvalue weighted by atomic mass is 10.2. The van der Waals surface area contributed by atoms with Crippen LogP contribution in [0.1, 0.15) is 17.3 Å². The van der Waals surface area contributed by atoms with Gasteiger partial charge in [0.2, 0.25) is 10.0 Å².